The standard InChI is InChI=1S/C15H12.C2H6/c1-2-4-12-10(3-1)5-7-14-13(12)8-6-11-9-15(11)14;1-2/h1-8,11,15H,9H2;1-2H3. The lowest BCUT2D eigenvalue weighted by molar-refractivity contribution is 1.000. The molecule has 2 unspecified atom stereocenters. The molecule has 86 valence electrons. The molecule has 2 aliphatic rings. The van der Waals surface area contributed by atoms with E-state index in [1.165, 1.54) is 22.8 Å². The molecule has 2 aromatic carbocycles. The van der Waals surface area contributed by atoms with Crippen LogP contribution in [0.5, 0.6) is 0 Å². The topological polar surface area (TPSA) is 0 Å². The second-order valence-corrected chi connectivity index (χ2v) is 4.65. The minimum Gasteiger partial charge on any atom is -0.0802 e. The van der Waals surface area contributed by atoms with Gasteiger partial charge in [-0.25, -0.2) is 0 Å². The minimum atomic E-state index is 0.828. The lowest BCUT2D eigenvalue weighted by atomic mass is 9.92. The summed E-state index contributed by atoms with van der Waals surface area (Å²) in [6.07, 6.45) is 6.08. The molecule has 0 aromatic heterocycles. The van der Waals surface area contributed by atoms with Gasteiger partial charge in [-0.15, -0.1) is 0 Å². The molecular formula is C17H18. The molecule has 4 rings (SSSR count). The van der Waals surface area contributed by atoms with E-state index in [0.717, 1.165) is 11.8 Å². The van der Waals surface area contributed by atoms with Gasteiger partial charge in [-0.1, -0.05) is 62.4 Å². The normalized spacial score (nSPS) is 23.4. The Bertz CT molecular complexity index is 578. The van der Waals surface area contributed by atoms with Crippen molar-refractivity contribution in [1.29, 1.82) is 0 Å². The van der Waals surface area contributed by atoms with Crippen molar-refractivity contribution in [2.45, 2.75) is 26.2 Å². The maximum Gasteiger partial charge on any atom is -0.00867 e. The molecule has 2 aliphatic carbocycles. The maximum atomic E-state index is 2.39. The fourth-order valence-corrected chi connectivity index (χ4v) is 2.83. The average molecular weight is 222 g/mol. The van der Waals surface area contributed by atoms with Gasteiger partial charge in [0.15, 0.2) is 0 Å². The highest BCUT2D eigenvalue weighted by atomic mass is 14.4. The highest BCUT2D eigenvalue weighted by Crippen LogP contribution is 2.53. The van der Waals surface area contributed by atoms with Crippen LogP contribution < -0.4 is 0 Å². The van der Waals surface area contributed by atoms with Crippen LogP contribution in [-0.2, 0) is 0 Å². The number of hydrogen-bond donors (Lipinski definition) is 0. The summed E-state index contributed by atoms with van der Waals surface area (Å²) in [5.74, 6) is 1.67. The van der Waals surface area contributed by atoms with Crippen molar-refractivity contribution in [2.75, 3.05) is 0 Å². The van der Waals surface area contributed by atoms with Gasteiger partial charge in [0.05, 0.1) is 0 Å². The zero-order valence-electron chi connectivity index (χ0n) is 10.5. The molecule has 0 saturated heterocycles. The van der Waals surface area contributed by atoms with Gasteiger partial charge >= 0.3 is 0 Å². The largest absolute Gasteiger partial charge is 0.0802 e. The molecule has 2 atom stereocenters. The molecule has 0 radical (unpaired) electrons. The third-order valence-corrected chi connectivity index (χ3v) is 3.75. The SMILES string of the molecule is C1=CC2CC2c2ccc3ccccc3c21.CC. The third kappa shape index (κ3) is 1.59. The van der Waals surface area contributed by atoms with E-state index in [4.69, 9.17) is 0 Å². The van der Waals surface area contributed by atoms with Gasteiger partial charge in [0.1, 0.15) is 0 Å². The number of fused-ring (bicyclic) bond motifs is 5. The van der Waals surface area contributed by atoms with Crippen LogP contribution in [0, 0.1) is 5.92 Å². The van der Waals surface area contributed by atoms with Crippen LogP contribution in [0.25, 0.3) is 16.8 Å². The third-order valence-electron chi connectivity index (χ3n) is 3.75. The van der Waals surface area contributed by atoms with Gasteiger partial charge in [0, 0.05) is 0 Å². The van der Waals surface area contributed by atoms with E-state index < -0.39 is 0 Å². The molecule has 2 aromatic rings. The van der Waals surface area contributed by atoms with Crippen molar-refractivity contribution in [3.05, 3.63) is 53.6 Å². The Balaban J connectivity index is 0.000000431. The first-order valence-corrected chi connectivity index (χ1v) is 6.63. The second-order valence-electron chi connectivity index (χ2n) is 4.65. The van der Waals surface area contributed by atoms with Gasteiger partial charge in [-0.2, -0.15) is 0 Å². The molecule has 0 N–H and O–H groups in total. The molecule has 1 fully saturated rings. The summed E-state index contributed by atoms with van der Waals surface area (Å²) in [5.41, 5.74) is 3.04. The monoisotopic (exact) mass is 222 g/mol. The highest BCUT2D eigenvalue weighted by Gasteiger charge is 2.39. The number of benzene rings is 2. The van der Waals surface area contributed by atoms with Crippen molar-refractivity contribution in [3.8, 4) is 0 Å². The predicted octanol–water partition coefficient (Wildman–Crippen LogP) is 5.00. The molecule has 17 heavy (non-hydrogen) atoms. The summed E-state index contributed by atoms with van der Waals surface area (Å²) < 4.78 is 0. The van der Waals surface area contributed by atoms with E-state index in [2.05, 4.69) is 48.6 Å². The van der Waals surface area contributed by atoms with E-state index in [1.807, 2.05) is 13.8 Å². The zero-order chi connectivity index (χ0) is 11.8. The van der Waals surface area contributed by atoms with Crippen LogP contribution in [0.4, 0.5) is 0 Å². The Hall–Kier alpha value is -1.56. The molecular weight excluding hydrogens is 204 g/mol. The molecule has 0 nitrogen and oxygen atoms in total. The van der Waals surface area contributed by atoms with Crippen LogP contribution in [0.1, 0.15) is 37.3 Å². The fourth-order valence-electron chi connectivity index (χ4n) is 2.83. The van der Waals surface area contributed by atoms with Crippen molar-refractivity contribution >= 4 is 16.8 Å². The zero-order valence-corrected chi connectivity index (χ0v) is 10.5. The smallest absolute Gasteiger partial charge is 0.00867 e. The second kappa shape index (κ2) is 4.03. The van der Waals surface area contributed by atoms with E-state index >= 15 is 0 Å². The maximum absolute atomic E-state index is 2.39. The first kappa shape index (κ1) is 10.6. The van der Waals surface area contributed by atoms with Gasteiger partial charge in [-0.3, -0.25) is 0 Å². The number of rotatable bonds is 0. The summed E-state index contributed by atoms with van der Waals surface area (Å²) in [7, 11) is 0. The van der Waals surface area contributed by atoms with Crippen molar-refractivity contribution in [3.63, 3.8) is 0 Å². The first-order chi connectivity index (χ1) is 8.43. The van der Waals surface area contributed by atoms with E-state index in [0.29, 0.717) is 0 Å². The van der Waals surface area contributed by atoms with Crippen LogP contribution >= 0.6 is 0 Å². The van der Waals surface area contributed by atoms with Crippen LogP contribution in [0.2, 0.25) is 0 Å². The van der Waals surface area contributed by atoms with Crippen molar-refractivity contribution in [2.24, 2.45) is 5.92 Å². The summed E-state index contributed by atoms with van der Waals surface area (Å²) in [6.45, 7) is 4.00. The van der Waals surface area contributed by atoms with Gasteiger partial charge < -0.3 is 0 Å². The van der Waals surface area contributed by atoms with Crippen LogP contribution in [0.3, 0.4) is 0 Å². The lowest BCUT2D eigenvalue weighted by Gasteiger charge is -2.12. The molecule has 0 bridgehead atoms. The fraction of sp³-hybridized carbons (Fsp3) is 0.294. The average Bonchev–Trinajstić information content (AvgIpc) is 3.20. The Labute approximate surface area is 103 Å². The van der Waals surface area contributed by atoms with E-state index in [-0.39, 0.29) is 0 Å². The summed E-state index contributed by atoms with van der Waals surface area (Å²) in [4.78, 5) is 0. The Morgan fingerprint density at radius 1 is 1.00 bits per heavy atom. The molecule has 0 aliphatic heterocycles. The van der Waals surface area contributed by atoms with Gasteiger partial charge in [0.2, 0.25) is 0 Å². The number of hydrogen-bond acceptors (Lipinski definition) is 0. The van der Waals surface area contributed by atoms with Crippen LogP contribution in [-0.4, -0.2) is 0 Å². The van der Waals surface area contributed by atoms with Crippen molar-refractivity contribution in [1.82, 2.24) is 0 Å². The Morgan fingerprint density at radius 3 is 2.71 bits per heavy atom. The Morgan fingerprint density at radius 2 is 1.82 bits per heavy atom. The van der Waals surface area contributed by atoms with Gasteiger partial charge in [-0.05, 0) is 40.2 Å². The lowest BCUT2D eigenvalue weighted by Crippen LogP contribution is -1.93. The van der Waals surface area contributed by atoms with Gasteiger partial charge in [0.25, 0.3) is 0 Å². The molecule has 1 saturated carbocycles. The van der Waals surface area contributed by atoms with Crippen molar-refractivity contribution < 1.29 is 0 Å². The quantitative estimate of drug-likeness (QED) is 0.588. The Kier molecular flexibility index (Phi) is 2.51. The summed E-state index contributed by atoms with van der Waals surface area (Å²) >= 11 is 0. The molecule has 0 amide bonds. The predicted molar refractivity (Wildman–Crippen MR) is 75.2 cm³/mol. The molecule has 0 heteroatoms. The summed E-state index contributed by atoms with van der Waals surface area (Å²) in [5, 5.41) is 2.77. The summed E-state index contributed by atoms with van der Waals surface area (Å²) in [6, 6.07) is 13.3. The highest BCUT2D eigenvalue weighted by molar-refractivity contribution is 5.93. The minimum absolute atomic E-state index is 0.828. The van der Waals surface area contributed by atoms with E-state index in [1.54, 1.807) is 5.56 Å². The number of allylic oxidation sites excluding steroid dienone is 1. The van der Waals surface area contributed by atoms with Crippen LogP contribution in [0.15, 0.2) is 42.5 Å². The van der Waals surface area contributed by atoms with E-state index in [9.17, 15) is 0 Å². The molecule has 0 heterocycles. The molecule has 0 spiro atoms. The first-order valence-electron chi connectivity index (χ1n) is 6.63.